The summed E-state index contributed by atoms with van der Waals surface area (Å²) in [6, 6.07) is 7.61. The molecule has 0 amide bonds. The molecule has 0 spiro atoms. The second-order valence-corrected chi connectivity index (χ2v) is 7.55. The summed E-state index contributed by atoms with van der Waals surface area (Å²) in [6.45, 7) is 6.56. The van der Waals surface area contributed by atoms with Crippen LogP contribution in [0.15, 0.2) is 40.8 Å². The molecule has 6 heteroatoms. The van der Waals surface area contributed by atoms with Gasteiger partial charge in [-0.05, 0) is 49.1 Å². The number of pyridine rings is 3. The zero-order chi connectivity index (χ0) is 20.4. The molecule has 4 heterocycles. The molecule has 3 aromatic heterocycles. The summed E-state index contributed by atoms with van der Waals surface area (Å²) in [6.07, 6.45) is 6.56. The first-order valence-corrected chi connectivity index (χ1v) is 9.91. The van der Waals surface area contributed by atoms with Crippen molar-refractivity contribution in [3.63, 3.8) is 0 Å². The first-order valence-electron chi connectivity index (χ1n) is 9.91. The van der Waals surface area contributed by atoms with Gasteiger partial charge in [-0.15, -0.1) is 0 Å². The predicted molar refractivity (Wildman–Crippen MR) is 114 cm³/mol. The molecule has 0 bridgehead atoms. The van der Waals surface area contributed by atoms with Crippen LogP contribution in [0.5, 0.6) is 0 Å². The lowest BCUT2D eigenvalue weighted by molar-refractivity contribution is 0.111. The normalized spacial score (nSPS) is 16.0. The van der Waals surface area contributed by atoms with E-state index in [-0.39, 0.29) is 5.56 Å². The summed E-state index contributed by atoms with van der Waals surface area (Å²) in [4.78, 5) is 37.1. The SMILES string of the molecule is CCc1cc2ncc(CN3CC/C(=C\c4ccc(C=O)nc4C)C3)cc2[nH]c1=O. The Morgan fingerprint density at radius 2 is 2.14 bits per heavy atom. The Labute approximate surface area is 169 Å². The molecule has 0 unspecified atom stereocenters. The number of aromatic nitrogens is 3. The van der Waals surface area contributed by atoms with Crippen LogP contribution in [-0.2, 0) is 13.0 Å². The second kappa shape index (κ2) is 8.09. The summed E-state index contributed by atoms with van der Waals surface area (Å²) < 4.78 is 0. The standard InChI is InChI=1S/C23H24N4O2/c1-3-18-10-21-22(26-23(18)29)9-17(11-24-21)13-27-7-6-16(12-27)8-19-4-5-20(14-28)25-15(19)2/h4-5,8-11,14H,3,6-7,12-13H2,1-2H3,(H,26,29)/b16-8+. The van der Waals surface area contributed by atoms with Gasteiger partial charge in [0.15, 0.2) is 6.29 Å². The lowest BCUT2D eigenvalue weighted by Gasteiger charge is -2.14. The number of carbonyl (C=O) groups is 1. The maximum Gasteiger partial charge on any atom is 0.251 e. The number of likely N-dealkylation sites (tertiary alicyclic amines) is 1. The molecule has 1 aliphatic heterocycles. The number of nitrogens with one attached hydrogen (secondary N) is 1. The maximum absolute atomic E-state index is 12.1. The van der Waals surface area contributed by atoms with Gasteiger partial charge >= 0.3 is 0 Å². The Hall–Kier alpha value is -3.12. The van der Waals surface area contributed by atoms with Gasteiger partial charge in [0.25, 0.3) is 5.56 Å². The van der Waals surface area contributed by atoms with Crippen LogP contribution in [0.2, 0.25) is 0 Å². The van der Waals surface area contributed by atoms with Crippen molar-refractivity contribution in [2.24, 2.45) is 0 Å². The molecule has 1 fully saturated rings. The zero-order valence-corrected chi connectivity index (χ0v) is 16.7. The number of aryl methyl sites for hydroxylation is 2. The van der Waals surface area contributed by atoms with E-state index in [0.717, 1.165) is 65.8 Å². The van der Waals surface area contributed by atoms with Crippen molar-refractivity contribution in [3.8, 4) is 0 Å². The number of nitrogens with zero attached hydrogens (tertiary/aromatic N) is 3. The molecular weight excluding hydrogens is 364 g/mol. The topological polar surface area (TPSA) is 79.0 Å². The van der Waals surface area contributed by atoms with Crippen LogP contribution in [0.1, 0.15) is 46.2 Å². The van der Waals surface area contributed by atoms with Crippen molar-refractivity contribution in [2.75, 3.05) is 13.1 Å². The van der Waals surface area contributed by atoms with E-state index in [0.29, 0.717) is 12.1 Å². The molecule has 0 atom stereocenters. The number of hydrogen-bond donors (Lipinski definition) is 1. The van der Waals surface area contributed by atoms with Crippen LogP contribution >= 0.6 is 0 Å². The van der Waals surface area contributed by atoms with Crippen LogP contribution in [0.4, 0.5) is 0 Å². The van der Waals surface area contributed by atoms with Crippen LogP contribution < -0.4 is 5.56 Å². The van der Waals surface area contributed by atoms with Crippen LogP contribution in [0, 0.1) is 6.92 Å². The summed E-state index contributed by atoms with van der Waals surface area (Å²) in [5.74, 6) is 0. The highest BCUT2D eigenvalue weighted by Gasteiger charge is 2.17. The van der Waals surface area contributed by atoms with Crippen molar-refractivity contribution in [1.29, 1.82) is 0 Å². The average molecular weight is 388 g/mol. The van der Waals surface area contributed by atoms with Crippen molar-refractivity contribution in [2.45, 2.75) is 33.2 Å². The van der Waals surface area contributed by atoms with Gasteiger partial charge in [-0.1, -0.05) is 24.6 Å². The third-order valence-corrected chi connectivity index (χ3v) is 5.42. The molecule has 1 N–H and O–H groups in total. The number of carbonyl (C=O) groups excluding carboxylic acids is 1. The quantitative estimate of drug-likeness (QED) is 0.679. The van der Waals surface area contributed by atoms with Crippen molar-refractivity contribution >= 4 is 23.4 Å². The zero-order valence-electron chi connectivity index (χ0n) is 16.7. The minimum absolute atomic E-state index is 0.0325. The number of hydrogen-bond acceptors (Lipinski definition) is 5. The highest BCUT2D eigenvalue weighted by molar-refractivity contribution is 5.75. The highest BCUT2D eigenvalue weighted by Crippen LogP contribution is 2.22. The molecule has 0 aliphatic carbocycles. The van der Waals surface area contributed by atoms with Crippen LogP contribution in [0.25, 0.3) is 17.1 Å². The number of H-pyrrole nitrogens is 1. The van der Waals surface area contributed by atoms with Crippen molar-refractivity contribution in [3.05, 3.63) is 74.5 Å². The molecule has 29 heavy (non-hydrogen) atoms. The van der Waals surface area contributed by atoms with Gasteiger partial charge in [0.2, 0.25) is 0 Å². The molecule has 6 nitrogen and oxygen atoms in total. The first-order chi connectivity index (χ1) is 14.1. The summed E-state index contributed by atoms with van der Waals surface area (Å²) >= 11 is 0. The molecule has 1 aliphatic rings. The third-order valence-electron chi connectivity index (χ3n) is 5.42. The Bertz CT molecular complexity index is 1160. The summed E-state index contributed by atoms with van der Waals surface area (Å²) in [7, 11) is 0. The van der Waals surface area contributed by atoms with Crippen LogP contribution in [0.3, 0.4) is 0 Å². The number of fused-ring (bicyclic) bond motifs is 1. The summed E-state index contributed by atoms with van der Waals surface area (Å²) in [5.41, 5.74) is 7.18. The molecule has 148 valence electrons. The molecule has 4 rings (SSSR count). The number of aldehydes is 1. The van der Waals surface area contributed by atoms with Gasteiger partial charge < -0.3 is 4.98 Å². The largest absolute Gasteiger partial charge is 0.320 e. The van der Waals surface area contributed by atoms with Crippen molar-refractivity contribution < 1.29 is 4.79 Å². The van der Waals surface area contributed by atoms with E-state index in [1.807, 2.05) is 38.2 Å². The van der Waals surface area contributed by atoms with E-state index >= 15 is 0 Å². The molecule has 0 aromatic carbocycles. The second-order valence-electron chi connectivity index (χ2n) is 7.55. The lowest BCUT2D eigenvalue weighted by atomic mass is 10.1. The first kappa shape index (κ1) is 19.2. The van der Waals surface area contributed by atoms with Gasteiger partial charge in [-0.2, -0.15) is 0 Å². The molecule has 1 saturated heterocycles. The Balaban J connectivity index is 1.48. The lowest BCUT2D eigenvalue weighted by Crippen LogP contribution is -2.19. The minimum atomic E-state index is -0.0325. The smallest absolute Gasteiger partial charge is 0.251 e. The molecule has 3 aromatic rings. The number of rotatable bonds is 5. The monoisotopic (exact) mass is 388 g/mol. The Kier molecular flexibility index (Phi) is 5.36. The fourth-order valence-electron chi connectivity index (χ4n) is 3.80. The highest BCUT2D eigenvalue weighted by atomic mass is 16.1. The van der Waals surface area contributed by atoms with Gasteiger partial charge in [-0.25, -0.2) is 4.98 Å². The fraction of sp³-hybridized carbons (Fsp3) is 0.304. The van der Waals surface area contributed by atoms with E-state index < -0.39 is 0 Å². The van der Waals surface area contributed by atoms with E-state index in [4.69, 9.17) is 0 Å². The third kappa shape index (κ3) is 4.17. The maximum atomic E-state index is 12.1. The van der Waals surface area contributed by atoms with Crippen LogP contribution in [-0.4, -0.2) is 39.2 Å². The predicted octanol–water partition coefficient (Wildman–Crippen LogP) is 3.29. The van der Waals surface area contributed by atoms with Gasteiger partial charge in [0.05, 0.1) is 11.0 Å². The van der Waals surface area contributed by atoms with Gasteiger partial charge in [0.1, 0.15) is 5.69 Å². The molecule has 0 radical (unpaired) electrons. The van der Waals surface area contributed by atoms with E-state index in [1.165, 1.54) is 5.57 Å². The Morgan fingerprint density at radius 1 is 1.28 bits per heavy atom. The van der Waals surface area contributed by atoms with E-state index in [2.05, 4.69) is 25.9 Å². The Morgan fingerprint density at radius 3 is 2.90 bits per heavy atom. The number of aromatic amines is 1. The minimum Gasteiger partial charge on any atom is -0.320 e. The fourth-order valence-corrected chi connectivity index (χ4v) is 3.80. The van der Waals surface area contributed by atoms with E-state index in [1.54, 1.807) is 6.07 Å². The molecular formula is C23H24N4O2. The van der Waals surface area contributed by atoms with Gasteiger partial charge in [-0.3, -0.25) is 19.5 Å². The summed E-state index contributed by atoms with van der Waals surface area (Å²) in [5, 5.41) is 0. The average Bonchev–Trinajstić information content (AvgIpc) is 3.15. The van der Waals surface area contributed by atoms with Crippen molar-refractivity contribution in [1.82, 2.24) is 19.9 Å². The molecule has 0 saturated carbocycles. The van der Waals surface area contributed by atoms with E-state index in [9.17, 15) is 9.59 Å². The van der Waals surface area contributed by atoms with Gasteiger partial charge in [0, 0.05) is 37.1 Å².